The Kier molecular flexibility index (Phi) is 11.3. The normalized spacial score (nSPS) is 10.1. The van der Waals surface area contributed by atoms with E-state index in [1.54, 1.807) is 0 Å². The summed E-state index contributed by atoms with van der Waals surface area (Å²) in [5.74, 6) is -0.171. The molecule has 0 spiro atoms. The molecule has 0 fully saturated rings. The van der Waals surface area contributed by atoms with Crippen LogP contribution in [0.2, 0.25) is 0 Å². The molecule has 2 N–H and O–H groups in total. The van der Waals surface area contributed by atoms with E-state index in [4.69, 9.17) is 18.0 Å². The minimum absolute atomic E-state index is 0.171. The maximum absolute atomic E-state index is 10.4. The third-order valence-corrected chi connectivity index (χ3v) is 2.73. The van der Waals surface area contributed by atoms with Crippen LogP contribution < -0.4 is 5.73 Å². The zero-order valence-corrected chi connectivity index (χ0v) is 10.4. The summed E-state index contributed by atoms with van der Waals surface area (Å²) in [5, 5.41) is 1.82. The molecule has 0 aromatic rings. The Morgan fingerprint density at radius 1 is 0.933 bits per heavy atom. The van der Waals surface area contributed by atoms with E-state index in [0.717, 1.165) is 19.3 Å². The van der Waals surface area contributed by atoms with Crippen molar-refractivity contribution < 1.29 is 4.79 Å². The Hall–Kier alpha value is -0.440. The lowest BCUT2D eigenvalue weighted by Crippen LogP contribution is -2.09. The molecule has 0 atom stereocenters. The highest BCUT2D eigenvalue weighted by Crippen LogP contribution is 2.09. The van der Waals surface area contributed by atoms with Crippen LogP contribution in [0.25, 0.3) is 0 Å². The SMILES string of the molecule is NC(=O)CCCCCCCCCCC=S. The van der Waals surface area contributed by atoms with Crippen LogP contribution in [0.5, 0.6) is 0 Å². The zero-order chi connectivity index (χ0) is 11.4. The van der Waals surface area contributed by atoms with Crippen molar-refractivity contribution in [1.29, 1.82) is 0 Å². The van der Waals surface area contributed by atoms with Gasteiger partial charge in [-0.05, 0) is 24.6 Å². The summed E-state index contributed by atoms with van der Waals surface area (Å²) in [6, 6.07) is 0. The molecule has 0 heterocycles. The first-order valence-corrected chi connectivity index (χ1v) is 6.46. The van der Waals surface area contributed by atoms with E-state index in [9.17, 15) is 4.79 Å². The highest BCUT2D eigenvalue weighted by Gasteiger charge is 1.94. The zero-order valence-electron chi connectivity index (χ0n) is 9.54. The maximum atomic E-state index is 10.4. The second-order valence-corrected chi connectivity index (χ2v) is 4.33. The van der Waals surface area contributed by atoms with Gasteiger partial charge in [-0.2, -0.15) is 0 Å². The summed E-state index contributed by atoms with van der Waals surface area (Å²) < 4.78 is 0. The molecule has 0 aliphatic carbocycles. The van der Waals surface area contributed by atoms with E-state index in [-0.39, 0.29) is 5.91 Å². The minimum atomic E-state index is -0.171. The van der Waals surface area contributed by atoms with Crippen molar-refractivity contribution in [3.8, 4) is 0 Å². The Balaban J connectivity index is 2.92. The first-order valence-electron chi connectivity index (χ1n) is 5.99. The molecule has 0 aromatic carbocycles. The summed E-state index contributed by atoms with van der Waals surface area (Å²) in [4.78, 5) is 10.4. The third kappa shape index (κ3) is 13.6. The highest BCUT2D eigenvalue weighted by molar-refractivity contribution is 7.78. The fraction of sp³-hybridized carbons (Fsp3) is 0.833. The number of hydrogen-bond donors (Lipinski definition) is 1. The molecule has 0 radical (unpaired) electrons. The first-order chi connectivity index (χ1) is 7.27. The molecule has 0 bridgehead atoms. The van der Waals surface area contributed by atoms with Crippen molar-refractivity contribution in [2.75, 3.05) is 0 Å². The summed E-state index contributed by atoms with van der Waals surface area (Å²) >= 11 is 4.76. The average molecular weight is 229 g/mol. The van der Waals surface area contributed by atoms with Crippen molar-refractivity contribution in [3.05, 3.63) is 0 Å². The molecule has 0 rings (SSSR count). The number of hydrogen-bond acceptors (Lipinski definition) is 2. The van der Waals surface area contributed by atoms with Gasteiger partial charge in [0.2, 0.25) is 5.91 Å². The number of unbranched alkanes of at least 4 members (excludes halogenated alkanes) is 8. The predicted molar refractivity (Wildman–Crippen MR) is 69.0 cm³/mol. The molecular formula is C12H23NOS. The molecule has 88 valence electrons. The molecule has 2 nitrogen and oxygen atoms in total. The van der Waals surface area contributed by atoms with Crippen molar-refractivity contribution >= 4 is 23.5 Å². The van der Waals surface area contributed by atoms with Gasteiger partial charge in [0.25, 0.3) is 0 Å². The average Bonchev–Trinajstić information content (AvgIpc) is 2.20. The highest BCUT2D eigenvalue weighted by atomic mass is 32.1. The van der Waals surface area contributed by atoms with Gasteiger partial charge in [-0.1, -0.05) is 50.7 Å². The topological polar surface area (TPSA) is 43.1 Å². The second-order valence-electron chi connectivity index (χ2n) is 4.00. The Morgan fingerprint density at radius 3 is 1.87 bits per heavy atom. The summed E-state index contributed by atoms with van der Waals surface area (Å²) in [7, 11) is 0. The summed E-state index contributed by atoms with van der Waals surface area (Å²) in [5.41, 5.74) is 5.05. The van der Waals surface area contributed by atoms with Crippen LogP contribution in [0.1, 0.15) is 64.2 Å². The van der Waals surface area contributed by atoms with Crippen LogP contribution in [-0.2, 0) is 4.79 Å². The minimum Gasteiger partial charge on any atom is -0.370 e. The molecule has 0 aliphatic rings. The van der Waals surface area contributed by atoms with Crippen LogP contribution in [0, 0.1) is 0 Å². The lowest BCUT2D eigenvalue weighted by Gasteiger charge is -2.00. The number of amides is 1. The number of carbonyl (C=O) groups excluding carboxylic acids is 1. The smallest absolute Gasteiger partial charge is 0.217 e. The largest absolute Gasteiger partial charge is 0.370 e. The standard InChI is InChI=1S/C12H23NOS/c13-12(14)10-8-6-4-2-1-3-5-7-9-11-15/h11H,1-10H2,(H2,13,14). The molecule has 0 unspecified atom stereocenters. The fourth-order valence-electron chi connectivity index (χ4n) is 1.59. The molecule has 3 heteroatoms. The van der Waals surface area contributed by atoms with E-state index in [1.165, 1.54) is 38.5 Å². The fourth-order valence-corrected chi connectivity index (χ4v) is 1.75. The molecule has 15 heavy (non-hydrogen) atoms. The van der Waals surface area contributed by atoms with Crippen molar-refractivity contribution in [2.24, 2.45) is 5.73 Å². The first kappa shape index (κ1) is 14.6. The molecule has 1 amide bonds. The summed E-state index contributed by atoms with van der Waals surface area (Å²) in [6.07, 6.45) is 11.4. The number of primary amides is 1. The van der Waals surface area contributed by atoms with Crippen molar-refractivity contribution in [2.45, 2.75) is 64.2 Å². The number of thiocarbonyl (C=S) groups is 1. The Morgan fingerprint density at radius 2 is 1.40 bits per heavy atom. The molecule has 0 saturated heterocycles. The molecule has 0 aliphatic heterocycles. The monoisotopic (exact) mass is 229 g/mol. The van der Waals surface area contributed by atoms with Crippen LogP contribution in [-0.4, -0.2) is 11.3 Å². The lowest BCUT2D eigenvalue weighted by atomic mass is 10.1. The van der Waals surface area contributed by atoms with Crippen molar-refractivity contribution in [3.63, 3.8) is 0 Å². The van der Waals surface area contributed by atoms with Gasteiger partial charge in [-0.15, -0.1) is 0 Å². The van der Waals surface area contributed by atoms with Gasteiger partial charge in [0.15, 0.2) is 0 Å². The maximum Gasteiger partial charge on any atom is 0.217 e. The van der Waals surface area contributed by atoms with E-state index in [1.807, 2.05) is 5.37 Å². The summed E-state index contributed by atoms with van der Waals surface area (Å²) in [6.45, 7) is 0. The molecule has 0 saturated carbocycles. The Labute approximate surface area is 98.6 Å². The van der Waals surface area contributed by atoms with Gasteiger partial charge in [0, 0.05) is 6.42 Å². The quantitative estimate of drug-likeness (QED) is 0.436. The Bertz CT molecular complexity index is 171. The van der Waals surface area contributed by atoms with Crippen LogP contribution in [0.3, 0.4) is 0 Å². The molecular weight excluding hydrogens is 206 g/mol. The van der Waals surface area contributed by atoms with E-state index in [0.29, 0.717) is 6.42 Å². The van der Waals surface area contributed by atoms with E-state index in [2.05, 4.69) is 0 Å². The van der Waals surface area contributed by atoms with Gasteiger partial charge in [-0.25, -0.2) is 0 Å². The van der Waals surface area contributed by atoms with Crippen LogP contribution in [0.15, 0.2) is 0 Å². The molecule has 0 aromatic heterocycles. The van der Waals surface area contributed by atoms with Gasteiger partial charge in [0.05, 0.1) is 0 Å². The van der Waals surface area contributed by atoms with Crippen molar-refractivity contribution in [1.82, 2.24) is 0 Å². The van der Waals surface area contributed by atoms with Gasteiger partial charge >= 0.3 is 0 Å². The van der Waals surface area contributed by atoms with Crippen LogP contribution in [0.4, 0.5) is 0 Å². The van der Waals surface area contributed by atoms with Gasteiger partial charge < -0.3 is 5.73 Å². The van der Waals surface area contributed by atoms with E-state index >= 15 is 0 Å². The number of rotatable bonds is 11. The second kappa shape index (κ2) is 11.6. The van der Waals surface area contributed by atoms with Crippen LogP contribution >= 0.6 is 12.2 Å². The van der Waals surface area contributed by atoms with Gasteiger partial charge in [0.1, 0.15) is 0 Å². The van der Waals surface area contributed by atoms with E-state index < -0.39 is 0 Å². The number of carbonyl (C=O) groups is 1. The lowest BCUT2D eigenvalue weighted by molar-refractivity contribution is -0.118. The predicted octanol–water partition coefficient (Wildman–Crippen LogP) is 3.37. The van der Waals surface area contributed by atoms with Gasteiger partial charge in [-0.3, -0.25) is 4.79 Å². The number of nitrogens with two attached hydrogens (primary N) is 1. The third-order valence-electron chi connectivity index (χ3n) is 2.50.